The molecule has 3 N–H and O–H groups in total. The molecule has 0 bridgehead atoms. The Morgan fingerprint density at radius 3 is 2.52 bits per heavy atom. The second kappa shape index (κ2) is 14.6. The van der Waals surface area contributed by atoms with E-state index in [1.54, 1.807) is 11.3 Å². The number of aryl methyl sites for hydroxylation is 1. The van der Waals surface area contributed by atoms with E-state index in [2.05, 4.69) is 25.7 Å². The van der Waals surface area contributed by atoms with Crippen LogP contribution in [-0.4, -0.2) is 82.5 Å². The number of aliphatic hydroxyl groups is 1. The number of alkyl halides is 1. The summed E-state index contributed by atoms with van der Waals surface area (Å²) in [5.41, 5.74) is 3.78. The van der Waals surface area contributed by atoms with Crippen LogP contribution in [0.3, 0.4) is 0 Å². The van der Waals surface area contributed by atoms with Gasteiger partial charge in [0.25, 0.3) is 0 Å². The summed E-state index contributed by atoms with van der Waals surface area (Å²) in [6.45, 7) is 10.9. The predicted molar refractivity (Wildman–Crippen MR) is 185 cm³/mol. The Morgan fingerprint density at radius 1 is 1.17 bits per heavy atom. The zero-order valence-electron chi connectivity index (χ0n) is 28.5. The molecule has 0 saturated carbocycles. The second-order valence-electron chi connectivity index (χ2n) is 14.4. The highest BCUT2D eigenvalue weighted by Gasteiger charge is 2.44. The maximum absolute atomic E-state index is 15.3. The van der Waals surface area contributed by atoms with E-state index < -0.39 is 23.7 Å². The van der Waals surface area contributed by atoms with Crippen LogP contribution in [0.25, 0.3) is 10.4 Å². The number of benzene rings is 1. The van der Waals surface area contributed by atoms with Crippen molar-refractivity contribution in [3.63, 3.8) is 0 Å². The first-order valence-electron chi connectivity index (χ1n) is 17.4. The fourth-order valence-electron chi connectivity index (χ4n) is 7.65. The van der Waals surface area contributed by atoms with E-state index in [1.807, 2.05) is 63.5 Å². The molecule has 3 aromatic rings. The second-order valence-corrected chi connectivity index (χ2v) is 15.2. The minimum atomic E-state index is -1.06. The van der Waals surface area contributed by atoms with Gasteiger partial charge in [0.05, 0.1) is 28.2 Å². The number of hydrogen-bond donors (Lipinski definition) is 3. The Kier molecular flexibility index (Phi) is 10.5. The largest absolute Gasteiger partial charge is 0.391 e. The van der Waals surface area contributed by atoms with Gasteiger partial charge in [-0.1, -0.05) is 43.3 Å². The van der Waals surface area contributed by atoms with Crippen LogP contribution in [0.1, 0.15) is 88.3 Å². The van der Waals surface area contributed by atoms with E-state index in [-0.39, 0.29) is 36.7 Å². The van der Waals surface area contributed by atoms with Crippen LogP contribution >= 0.6 is 11.3 Å². The molecule has 0 aliphatic carbocycles. The van der Waals surface area contributed by atoms with Crippen LogP contribution in [0.2, 0.25) is 0 Å². The number of anilines is 1. The highest BCUT2D eigenvalue weighted by Crippen LogP contribution is 2.37. The van der Waals surface area contributed by atoms with Crippen molar-refractivity contribution >= 4 is 29.0 Å². The molecule has 260 valence electrons. The van der Waals surface area contributed by atoms with E-state index in [1.165, 1.54) is 4.90 Å². The predicted octanol–water partition coefficient (Wildman–Crippen LogP) is 5.38. The number of rotatable bonds is 10. The number of aliphatic hydroxyl groups excluding tert-OH is 1. The lowest BCUT2D eigenvalue weighted by molar-refractivity contribution is -0.141. The van der Waals surface area contributed by atoms with Gasteiger partial charge in [0.15, 0.2) is 11.6 Å². The number of nitrogens with zero attached hydrogens (tertiary/aromatic N) is 4. The van der Waals surface area contributed by atoms with Gasteiger partial charge >= 0.3 is 0 Å². The molecule has 2 unspecified atom stereocenters. The van der Waals surface area contributed by atoms with Gasteiger partial charge in [0, 0.05) is 32.1 Å². The Hall–Kier alpha value is -3.35. The van der Waals surface area contributed by atoms with Crippen LogP contribution in [0.15, 0.2) is 40.4 Å². The third-order valence-electron chi connectivity index (χ3n) is 10.5. The topological polar surface area (TPSA) is 124 Å². The van der Waals surface area contributed by atoms with Gasteiger partial charge in [0.2, 0.25) is 11.8 Å². The summed E-state index contributed by atoms with van der Waals surface area (Å²) in [5.74, 6) is 0.148. The standard InChI is InChI=1S/C36H49FN6O4S/c1-22(2)32(30-18-31(41-47-30)42-15-9-25(10-16-42)19-36(37)11-13-38-14-12-36)35(46)43-20-28(44)17-29(43)34(45)40-23(3)26-5-7-27(8-6-26)33-24(4)39-21-48-33/h5-8,18,21-23,25,28-29,32,38,44H,9-17,19-20H2,1-4H3,(H,40,45)/t23?,28-,29+,32?/m1/s1. The SMILES string of the molecule is Cc1ncsc1-c1ccc(C(C)NC(=O)[C@@H]2C[C@@H](O)CN2C(=O)C(c2cc(N3CCC(CC4(F)CCNCC4)CC3)no2)C(C)C)cc1. The Morgan fingerprint density at radius 2 is 1.88 bits per heavy atom. The lowest BCUT2D eigenvalue weighted by Crippen LogP contribution is -2.48. The van der Waals surface area contributed by atoms with E-state index in [0.29, 0.717) is 36.8 Å². The zero-order chi connectivity index (χ0) is 34.0. The maximum atomic E-state index is 15.3. The quantitative estimate of drug-likeness (QED) is 0.261. The van der Waals surface area contributed by atoms with Crippen molar-refractivity contribution < 1.29 is 23.6 Å². The van der Waals surface area contributed by atoms with Crippen molar-refractivity contribution in [3.05, 3.63) is 52.9 Å². The number of amides is 2. The summed E-state index contributed by atoms with van der Waals surface area (Å²) in [7, 11) is 0. The molecule has 2 aromatic heterocycles. The summed E-state index contributed by atoms with van der Waals surface area (Å²) in [4.78, 5) is 36.8. The number of thiazole rings is 1. The number of aromatic nitrogens is 2. The van der Waals surface area contributed by atoms with Crippen molar-refractivity contribution in [1.29, 1.82) is 0 Å². The van der Waals surface area contributed by atoms with Crippen molar-refractivity contribution in [2.75, 3.05) is 37.6 Å². The average molecular weight is 681 g/mol. The molecule has 0 radical (unpaired) electrons. The van der Waals surface area contributed by atoms with Crippen LogP contribution in [0.5, 0.6) is 0 Å². The Balaban J connectivity index is 1.08. The van der Waals surface area contributed by atoms with Crippen LogP contribution in [0, 0.1) is 18.8 Å². The van der Waals surface area contributed by atoms with Gasteiger partial charge in [-0.3, -0.25) is 9.59 Å². The number of carbonyl (C=O) groups is 2. The van der Waals surface area contributed by atoms with Gasteiger partial charge in [-0.25, -0.2) is 9.37 Å². The van der Waals surface area contributed by atoms with Crippen molar-refractivity contribution in [2.24, 2.45) is 11.8 Å². The van der Waals surface area contributed by atoms with E-state index in [9.17, 15) is 14.7 Å². The molecule has 3 saturated heterocycles. The minimum absolute atomic E-state index is 0.0814. The zero-order valence-corrected chi connectivity index (χ0v) is 29.3. The average Bonchev–Trinajstić information content (AvgIpc) is 3.82. The molecule has 10 nitrogen and oxygen atoms in total. The number of likely N-dealkylation sites (tertiary alicyclic amines) is 1. The fraction of sp³-hybridized carbons (Fsp3) is 0.611. The third-order valence-corrected chi connectivity index (χ3v) is 11.5. The summed E-state index contributed by atoms with van der Waals surface area (Å²) in [6.07, 6.45) is 2.95. The molecule has 6 rings (SSSR count). The summed E-state index contributed by atoms with van der Waals surface area (Å²) < 4.78 is 21.1. The van der Waals surface area contributed by atoms with E-state index in [4.69, 9.17) is 4.52 Å². The Bertz CT molecular complexity index is 1550. The highest BCUT2D eigenvalue weighted by molar-refractivity contribution is 7.13. The molecule has 2 amide bonds. The molecular weight excluding hydrogens is 631 g/mol. The molecule has 48 heavy (non-hydrogen) atoms. The van der Waals surface area contributed by atoms with Crippen LogP contribution in [-0.2, 0) is 9.59 Å². The first kappa shape index (κ1) is 34.5. The minimum Gasteiger partial charge on any atom is -0.391 e. The maximum Gasteiger partial charge on any atom is 0.243 e. The molecule has 3 aliphatic rings. The Labute approximate surface area is 286 Å². The van der Waals surface area contributed by atoms with Gasteiger partial charge in [-0.15, -0.1) is 11.3 Å². The summed E-state index contributed by atoms with van der Waals surface area (Å²) in [6, 6.07) is 8.81. The monoisotopic (exact) mass is 680 g/mol. The first-order chi connectivity index (χ1) is 23.0. The smallest absolute Gasteiger partial charge is 0.243 e. The fourth-order valence-corrected chi connectivity index (χ4v) is 8.46. The molecular formula is C36H49FN6O4S. The number of carbonyl (C=O) groups excluding carboxylic acids is 2. The number of piperidine rings is 2. The molecule has 4 atom stereocenters. The molecule has 1 aromatic carbocycles. The molecule has 12 heteroatoms. The molecule has 0 spiro atoms. The lowest BCUT2D eigenvalue weighted by atomic mass is 9.81. The van der Waals surface area contributed by atoms with Crippen molar-refractivity contribution in [2.45, 2.75) is 96.0 Å². The van der Waals surface area contributed by atoms with Crippen LogP contribution in [0.4, 0.5) is 10.2 Å². The van der Waals surface area contributed by atoms with Crippen molar-refractivity contribution in [1.82, 2.24) is 25.7 Å². The normalized spacial score (nSPS) is 23.0. The van der Waals surface area contributed by atoms with Gasteiger partial charge < -0.3 is 30.1 Å². The first-order valence-corrected chi connectivity index (χ1v) is 18.3. The number of nitrogens with one attached hydrogen (secondary N) is 2. The number of hydrogen-bond acceptors (Lipinski definition) is 9. The molecule has 5 heterocycles. The van der Waals surface area contributed by atoms with Gasteiger partial charge in [-0.2, -0.15) is 0 Å². The van der Waals surface area contributed by atoms with Gasteiger partial charge in [0.1, 0.15) is 17.6 Å². The van der Waals surface area contributed by atoms with Crippen molar-refractivity contribution in [3.8, 4) is 10.4 Å². The van der Waals surface area contributed by atoms with Crippen LogP contribution < -0.4 is 15.5 Å². The molecule has 3 aliphatic heterocycles. The van der Waals surface area contributed by atoms with E-state index >= 15 is 4.39 Å². The third kappa shape index (κ3) is 7.60. The van der Waals surface area contributed by atoms with E-state index in [0.717, 1.165) is 60.7 Å². The summed E-state index contributed by atoms with van der Waals surface area (Å²) in [5, 5.41) is 21.3. The molecule has 3 fully saturated rings. The summed E-state index contributed by atoms with van der Waals surface area (Å²) >= 11 is 1.60. The number of β-amino-alcohol motifs (C(OH)–C–C–N with tert-alkyl or cyclic N) is 1. The van der Waals surface area contributed by atoms with Gasteiger partial charge in [-0.05, 0) is 82.0 Å². The highest BCUT2D eigenvalue weighted by atomic mass is 32.1. The number of halogens is 1. The lowest BCUT2D eigenvalue weighted by Gasteiger charge is -2.37.